The van der Waals surface area contributed by atoms with Gasteiger partial charge in [0.15, 0.2) is 0 Å². The van der Waals surface area contributed by atoms with Crippen LogP contribution in [-0.2, 0) is 0 Å². The number of carbonyl (C=O) groups excluding carboxylic acids is 1. The Hall–Kier alpha value is -4.72. The van der Waals surface area contributed by atoms with Gasteiger partial charge in [-0.3, -0.25) is 9.36 Å². The van der Waals surface area contributed by atoms with Crippen LogP contribution < -0.4 is 5.32 Å². The molecule has 0 saturated heterocycles. The van der Waals surface area contributed by atoms with Crippen LogP contribution in [0.25, 0.3) is 28.1 Å². The average molecular weight is 423 g/mol. The zero-order valence-corrected chi connectivity index (χ0v) is 16.7. The zero-order valence-electron chi connectivity index (χ0n) is 16.7. The molecule has 8 heteroatoms. The number of nitrogens with one attached hydrogen (secondary N) is 2. The molecule has 3 aromatic carbocycles. The monoisotopic (exact) mass is 423 g/mol. The maximum absolute atomic E-state index is 12.9. The van der Waals surface area contributed by atoms with E-state index in [-0.39, 0.29) is 11.5 Å². The number of anilines is 1. The van der Waals surface area contributed by atoms with Gasteiger partial charge in [-0.2, -0.15) is 0 Å². The van der Waals surface area contributed by atoms with Crippen LogP contribution in [0.5, 0.6) is 0 Å². The maximum atomic E-state index is 12.9. The van der Waals surface area contributed by atoms with Crippen LogP contribution in [0.4, 0.5) is 5.69 Å². The summed E-state index contributed by atoms with van der Waals surface area (Å²) in [5, 5.41) is 12.3. The predicted octanol–water partition coefficient (Wildman–Crippen LogP) is 4.37. The lowest BCUT2D eigenvalue weighted by atomic mass is 10.1. The molecule has 0 atom stereocenters. The van der Waals surface area contributed by atoms with Crippen LogP contribution in [0.1, 0.15) is 20.7 Å². The smallest absolute Gasteiger partial charge is 0.336 e. The summed E-state index contributed by atoms with van der Waals surface area (Å²) in [6.45, 7) is 0. The summed E-state index contributed by atoms with van der Waals surface area (Å²) in [4.78, 5) is 36.0. The van der Waals surface area contributed by atoms with Gasteiger partial charge < -0.3 is 15.4 Å². The number of rotatable bonds is 5. The molecule has 2 heterocycles. The highest BCUT2D eigenvalue weighted by Gasteiger charge is 2.16. The van der Waals surface area contributed by atoms with Gasteiger partial charge in [-0.05, 0) is 48.5 Å². The number of aromatic amines is 1. The van der Waals surface area contributed by atoms with Crippen molar-refractivity contribution in [2.75, 3.05) is 5.32 Å². The van der Waals surface area contributed by atoms with Gasteiger partial charge in [0.1, 0.15) is 12.2 Å². The summed E-state index contributed by atoms with van der Waals surface area (Å²) in [6, 6.07) is 19.6. The lowest BCUT2D eigenvalue weighted by Gasteiger charge is -2.10. The third-order valence-electron chi connectivity index (χ3n) is 5.10. The van der Waals surface area contributed by atoms with E-state index in [1.807, 2.05) is 34.9 Å². The second-order valence-electron chi connectivity index (χ2n) is 7.11. The fraction of sp³-hybridized carbons (Fsp3) is 0. The first-order valence-electron chi connectivity index (χ1n) is 9.81. The summed E-state index contributed by atoms with van der Waals surface area (Å²) in [5.41, 5.74) is 4.02. The Bertz CT molecular complexity index is 1450. The first-order valence-corrected chi connectivity index (χ1v) is 9.81. The SMILES string of the molecule is O=C(Nc1ccc(C(=O)O)c(-c2ncc[nH]2)c1)c1cccc(-n2cnc3ccccc32)c1. The van der Waals surface area contributed by atoms with E-state index < -0.39 is 5.97 Å². The van der Waals surface area contributed by atoms with Crippen LogP contribution in [0.2, 0.25) is 0 Å². The number of hydrogen-bond donors (Lipinski definition) is 3. The molecule has 32 heavy (non-hydrogen) atoms. The zero-order chi connectivity index (χ0) is 22.1. The lowest BCUT2D eigenvalue weighted by Crippen LogP contribution is -2.13. The van der Waals surface area contributed by atoms with E-state index in [9.17, 15) is 14.7 Å². The molecule has 0 radical (unpaired) electrons. The number of carboxylic acid groups (broad SMARTS) is 1. The fourth-order valence-electron chi connectivity index (χ4n) is 3.58. The minimum atomic E-state index is -1.07. The molecular formula is C24H17N5O3. The van der Waals surface area contributed by atoms with Gasteiger partial charge in [0.05, 0.1) is 16.6 Å². The second-order valence-corrected chi connectivity index (χ2v) is 7.11. The van der Waals surface area contributed by atoms with Crippen molar-refractivity contribution in [3.63, 3.8) is 0 Å². The van der Waals surface area contributed by atoms with E-state index in [1.54, 1.807) is 42.9 Å². The summed E-state index contributed by atoms with van der Waals surface area (Å²) < 4.78 is 1.92. The number of hydrogen-bond acceptors (Lipinski definition) is 4. The van der Waals surface area contributed by atoms with Crippen LogP contribution in [0, 0.1) is 0 Å². The molecule has 0 aliphatic rings. The second kappa shape index (κ2) is 7.84. The first-order chi connectivity index (χ1) is 15.6. The van der Waals surface area contributed by atoms with Crippen LogP contribution in [0.15, 0.2) is 85.5 Å². The number of carbonyl (C=O) groups is 2. The molecule has 0 aliphatic carbocycles. The van der Waals surface area contributed by atoms with Crippen molar-refractivity contribution < 1.29 is 14.7 Å². The number of aromatic nitrogens is 4. The minimum Gasteiger partial charge on any atom is -0.478 e. The highest BCUT2D eigenvalue weighted by molar-refractivity contribution is 6.05. The maximum Gasteiger partial charge on any atom is 0.336 e. The highest BCUT2D eigenvalue weighted by Crippen LogP contribution is 2.25. The lowest BCUT2D eigenvalue weighted by molar-refractivity contribution is 0.0697. The molecule has 5 aromatic rings. The largest absolute Gasteiger partial charge is 0.478 e. The molecule has 156 valence electrons. The average Bonchev–Trinajstić information content (AvgIpc) is 3.49. The van der Waals surface area contributed by atoms with Gasteiger partial charge in [-0.1, -0.05) is 18.2 Å². The van der Waals surface area contributed by atoms with Gasteiger partial charge in [-0.15, -0.1) is 0 Å². The van der Waals surface area contributed by atoms with Crippen molar-refractivity contribution >= 4 is 28.6 Å². The molecule has 3 N–H and O–H groups in total. The van der Waals surface area contributed by atoms with E-state index >= 15 is 0 Å². The Balaban J connectivity index is 1.45. The molecule has 0 unspecified atom stereocenters. The number of imidazole rings is 2. The Morgan fingerprint density at radius 3 is 2.66 bits per heavy atom. The van der Waals surface area contributed by atoms with Crippen molar-refractivity contribution in [2.24, 2.45) is 0 Å². The van der Waals surface area contributed by atoms with Gasteiger partial charge in [0.25, 0.3) is 5.91 Å². The van der Waals surface area contributed by atoms with E-state index in [2.05, 4.69) is 20.3 Å². The number of para-hydroxylation sites is 2. The molecular weight excluding hydrogens is 406 g/mol. The Morgan fingerprint density at radius 2 is 1.84 bits per heavy atom. The number of amides is 1. The van der Waals surface area contributed by atoms with Crippen molar-refractivity contribution in [3.05, 3.63) is 96.6 Å². The summed E-state index contributed by atoms with van der Waals surface area (Å²) in [5.74, 6) is -0.980. The first kappa shape index (κ1) is 19.3. The van der Waals surface area contributed by atoms with Crippen LogP contribution >= 0.6 is 0 Å². The number of nitrogens with zero attached hydrogens (tertiary/aromatic N) is 3. The molecule has 1 amide bonds. The molecule has 0 fully saturated rings. The van der Waals surface area contributed by atoms with Crippen LogP contribution in [-0.4, -0.2) is 36.5 Å². The predicted molar refractivity (Wildman–Crippen MR) is 120 cm³/mol. The quantitative estimate of drug-likeness (QED) is 0.389. The summed E-state index contributed by atoms with van der Waals surface area (Å²) >= 11 is 0. The topological polar surface area (TPSA) is 113 Å². The Labute approximate surface area is 182 Å². The van der Waals surface area contributed by atoms with Crippen LogP contribution in [0.3, 0.4) is 0 Å². The minimum absolute atomic E-state index is 0.0898. The van der Waals surface area contributed by atoms with Crippen molar-refractivity contribution in [3.8, 4) is 17.1 Å². The van der Waals surface area contributed by atoms with E-state index in [4.69, 9.17) is 0 Å². The number of aromatic carboxylic acids is 1. The van der Waals surface area contributed by atoms with Gasteiger partial charge in [0.2, 0.25) is 0 Å². The molecule has 0 aliphatic heterocycles. The number of fused-ring (bicyclic) bond motifs is 1. The van der Waals surface area contributed by atoms with E-state index in [0.717, 1.165) is 16.7 Å². The molecule has 0 bridgehead atoms. The van der Waals surface area contributed by atoms with E-state index in [0.29, 0.717) is 22.6 Å². The molecule has 5 rings (SSSR count). The van der Waals surface area contributed by atoms with Crippen molar-refractivity contribution in [1.82, 2.24) is 19.5 Å². The number of benzene rings is 3. The van der Waals surface area contributed by atoms with Crippen molar-refractivity contribution in [2.45, 2.75) is 0 Å². The highest BCUT2D eigenvalue weighted by atomic mass is 16.4. The van der Waals surface area contributed by atoms with Gasteiger partial charge in [-0.25, -0.2) is 14.8 Å². The van der Waals surface area contributed by atoms with E-state index in [1.165, 1.54) is 12.3 Å². The van der Waals surface area contributed by atoms with Gasteiger partial charge in [0, 0.05) is 34.9 Å². The molecule has 2 aromatic heterocycles. The van der Waals surface area contributed by atoms with Crippen molar-refractivity contribution in [1.29, 1.82) is 0 Å². The standard InChI is InChI=1S/C24H17N5O3/c30-23(28-16-8-9-18(24(31)32)19(13-16)22-25-10-11-26-22)15-4-3-5-17(12-15)29-14-27-20-6-1-2-7-21(20)29/h1-14H,(H,25,26)(H,28,30)(H,31,32). The number of carboxylic acids is 1. The molecule has 0 spiro atoms. The Morgan fingerprint density at radius 1 is 0.969 bits per heavy atom. The number of H-pyrrole nitrogens is 1. The third-order valence-corrected chi connectivity index (χ3v) is 5.10. The fourth-order valence-corrected chi connectivity index (χ4v) is 3.58. The summed E-state index contributed by atoms with van der Waals surface area (Å²) in [6.07, 6.45) is 4.87. The Kier molecular flexibility index (Phi) is 4.72. The third kappa shape index (κ3) is 3.50. The molecule has 0 saturated carbocycles. The summed E-state index contributed by atoms with van der Waals surface area (Å²) in [7, 11) is 0. The molecule has 8 nitrogen and oxygen atoms in total. The van der Waals surface area contributed by atoms with Gasteiger partial charge >= 0.3 is 5.97 Å². The normalized spacial score (nSPS) is 10.9.